The summed E-state index contributed by atoms with van der Waals surface area (Å²) in [6.45, 7) is 9.91. The van der Waals surface area contributed by atoms with Crippen molar-refractivity contribution >= 4 is 16.9 Å². The summed E-state index contributed by atoms with van der Waals surface area (Å²) in [6.07, 6.45) is -0.800. The molecule has 2 aliphatic heterocycles. The number of hydrogen-bond donors (Lipinski definition) is 1. The molecule has 0 atom stereocenters. The third-order valence-electron chi connectivity index (χ3n) is 7.59. The maximum atomic E-state index is 14.7. The number of rotatable bonds is 8. The van der Waals surface area contributed by atoms with Crippen LogP contribution in [0.4, 0.5) is 19.0 Å². The van der Waals surface area contributed by atoms with Crippen molar-refractivity contribution in [2.75, 3.05) is 38.5 Å². The van der Waals surface area contributed by atoms with Crippen molar-refractivity contribution in [2.24, 2.45) is 0 Å². The molecule has 2 fully saturated rings. The number of anilines is 1. The largest absolute Gasteiger partial charge is 0.471 e. The van der Waals surface area contributed by atoms with Crippen LogP contribution in [0.15, 0.2) is 24.3 Å². The summed E-state index contributed by atoms with van der Waals surface area (Å²) in [7, 11) is 2.06. The van der Waals surface area contributed by atoms with Crippen molar-refractivity contribution < 1.29 is 17.9 Å². The predicted octanol–water partition coefficient (Wildman–Crippen LogP) is 5.30. The van der Waals surface area contributed by atoms with Crippen molar-refractivity contribution in [2.45, 2.75) is 64.6 Å². The van der Waals surface area contributed by atoms with E-state index in [1.54, 1.807) is 6.92 Å². The number of nitrogens with zero attached hydrogens (tertiary/aromatic N) is 5. The Morgan fingerprint density at radius 2 is 1.84 bits per heavy atom. The van der Waals surface area contributed by atoms with Crippen LogP contribution in [0.2, 0.25) is 0 Å². The zero-order valence-electron chi connectivity index (χ0n) is 22.3. The summed E-state index contributed by atoms with van der Waals surface area (Å²) in [6, 6.07) is 6.61. The smallest absolute Gasteiger partial charge is 0.266 e. The maximum absolute atomic E-state index is 14.7. The third kappa shape index (κ3) is 5.56. The first kappa shape index (κ1) is 26.6. The van der Waals surface area contributed by atoms with Gasteiger partial charge in [-0.3, -0.25) is 4.90 Å². The number of nitrogens with one attached hydrogen (secondary N) is 1. The Balaban J connectivity index is 1.48. The van der Waals surface area contributed by atoms with Gasteiger partial charge in [0, 0.05) is 36.8 Å². The maximum Gasteiger partial charge on any atom is 0.266 e. The number of ether oxygens (including phenoxy) is 1. The number of benzene rings is 1. The Kier molecular flexibility index (Phi) is 7.72. The lowest BCUT2D eigenvalue weighted by molar-refractivity contribution is 0.0344. The zero-order chi connectivity index (χ0) is 27.0. The fraction of sp³-hybridized carbons (Fsp3) is 0.536. The number of likely N-dealkylation sites (N-methyl/N-ethyl adjacent to an activating group) is 1. The van der Waals surface area contributed by atoms with E-state index in [9.17, 15) is 13.2 Å². The number of fused-ring (bicyclic) bond motifs is 1. The number of alkyl halides is 2. The molecular formula is C28H35F3N6O. The Bertz CT molecular complexity index is 1290. The minimum absolute atomic E-state index is 0.00666. The van der Waals surface area contributed by atoms with Gasteiger partial charge in [0.05, 0.1) is 10.9 Å². The van der Waals surface area contributed by atoms with Gasteiger partial charge < -0.3 is 15.0 Å². The standard InChI is InChI=1S/C28H35F3N6O/c1-16(2)37-10-8-18(9-11-37)22-12-23-26(32-13-19-6-5-7-21(24(19)29)25(30)31)33-17(3)34-27(23)35-28(22)38-20-14-36(4)15-20/h5-7,12,16,18,20,25H,8-11,13-15H2,1-4H3,(H,32,33,34,35). The average Bonchev–Trinajstić information content (AvgIpc) is 2.86. The van der Waals surface area contributed by atoms with Gasteiger partial charge in [-0.05, 0) is 65.7 Å². The molecule has 0 radical (unpaired) electrons. The van der Waals surface area contributed by atoms with Gasteiger partial charge in [-0.15, -0.1) is 0 Å². The molecule has 0 saturated carbocycles. The van der Waals surface area contributed by atoms with Crippen LogP contribution in [0.25, 0.3) is 11.0 Å². The van der Waals surface area contributed by atoms with Crippen LogP contribution in [0.1, 0.15) is 61.5 Å². The van der Waals surface area contributed by atoms with Crippen LogP contribution in [0.5, 0.6) is 5.88 Å². The van der Waals surface area contributed by atoms with Gasteiger partial charge in [0.25, 0.3) is 6.43 Å². The number of halogens is 3. The van der Waals surface area contributed by atoms with Crippen LogP contribution < -0.4 is 10.1 Å². The lowest BCUT2D eigenvalue weighted by Crippen LogP contribution is -2.51. The summed E-state index contributed by atoms with van der Waals surface area (Å²) >= 11 is 0. The Morgan fingerprint density at radius 3 is 2.50 bits per heavy atom. The zero-order valence-corrected chi connectivity index (χ0v) is 22.3. The molecule has 3 aromatic rings. The topological polar surface area (TPSA) is 66.4 Å². The highest BCUT2D eigenvalue weighted by molar-refractivity contribution is 5.87. The van der Waals surface area contributed by atoms with Crippen molar-refractivity contribution in [3.8, 4) is 5.88 Å². The molecule has 10 heteroatoms. The van der Waals surface area contributed by atoms with E-state index in [1.807, 2.05) is 0 Å². The van der Waals surface area contributed by atoms with E-state index in [-0.39, 0.29) is 24.1 Å². The second kappa shape index (κ2) is 11.0. The lowest BCUT2D eigenvalue weighted by atomic mass is 9.89. The van der Waals surface area contributed by atoms with Gasteiger partial charge in [0.15, 0.2) is 5.65 Å². The fourth-order valence-corrected chi connectivity index (χ4v) is 5.37. The predicted molar refractivity (Wildman–Crippen MR) is 141 cm³/mol. The van der Waals surface area contributed by atoms with E-state index in [4.69, 9.17) is 9.72 Å². The number of aromatic nitrogens is 3. The van der Waals surface area contributed by atoms with Crippen molar-refractivity contribution in [3.05, 3.63) is 52.6 Å². The Hall–Kier alpha value is -2.98. The molecule has 2 saturated heterocycles. The normalized spacial score (nSPS) is 17.9. The summed E-state index contributed by atoms with van der Waals surface area (Å²) < 4.78 is 47.4. The summed E-state index contributed by atoms with van der Waals surface area (Å²) in [5.74, 6) is 1.00. The third-order valence-corrected chi connectivity index (χ3v) is 7.59. The number of pyridine rings is 1. The van der Waals surface area contributed by atoms with Gasteiger partial charge >= 0.3 is 0 Å². The number of aryl methyl sites for hydroxylation is 1. The molecule has 4 heterocycles. The fourth-order valence-electron chi connectivity index (χ4n) is 5.37. The Morgan fingerprint density at radius 1 is 1.11 bits per heavy atom. The van der Waals surface area contributed by atoms with Crippen molar-refractivity contribution in [3.63, 3.8) is 0 Å². The highest BCUT2D eigenvalue weighted by atomic mass is 19.3. The van der Waals surface area contributed by atoms with E-state index in [0.29, 0.717) is 34.6 Å². The van der Waals surface area contributed by atoms with Gasteiger partial charge in [-0.25, -0.2) is 23.1 Å². The van der Waals surface area contributed by atoms with E-state index in [1.165, 1.54) is 12.1 Å². The molecular weight excluding hydrogens is 493 g/mol. The molecule has 5 rings (SSSR count). The first-order valence-corrected chi connectivity index (χ1v) is 13.3. The molecule has 0 spiro atoms. The van der Waals surface area contributed by atoms with Gasteiger partial charge in [0.1, 0.15) is 23.6 Å². The van der Waals surface area contributed by atoms with Gasteiger partial charge in [0.2, 0.25) is 5.88 Å². The van der Waals surface area contributed by atoms with Crippen molar-refractivity contribution in [1.82, 2.24) is 24.8 Å². The first-order chi connectivity index (χ1) is 18.2. The molecule has 1 N–H and O–H groups in total. The van der Waals surface area contributed by atoms with Crippen LogP contribution in [0.3, 0.4) is 0 Å². The molecule has 38 heavy (non-hydrogen) atoms. The highest BCUT2D eigenvalue weighted by Gasteiger charge is 2.30. The van der Waals surface area contributed by atoms with Gasteiger partial charge in [-0.1, -0.05) is 18.2 Å². The van der Waals surface area contributed by atoms with Gasteiger partial charge in [-0.2, -0.15) is 4.98 Å². The highest BCUT2D eigenvalue weighted by Crippen LogP contribution is 2.38. The molecule has 2 aliphatic rings. The quantitative estimate of drug-likeness (QED) is 0.426. The molecule has 1 aromatic carbocycles. The molecule has 204 valence electrons. The minimum atomic E-state index is -2.88. The molecule has 0 bridgehead atoms. The van der Waals surface area contributed by atoms with Crippen LogP contribution in [-0.4, -0.2) is 70.1 Å². The SMILES string of the molecule is Cc1nc(NCc2cccc(C(F)F)c2F)c2cc(C3CCN(C(C)C)CC3)c(OC3CN(C)C3)nc2n1. The molecule has 2 aromatic heterocycles. The van der Waals surface area contributed by atoms with Crippen LogP contribution in [-0.2, 0) is 6.54 Å². The summed E-state index contributed by atoms with van der Waals surface area (Å²) in [5.41, 5.74) is 1.08. The van der Waals surface area contributed by atoms with E-state index >= 15 is 0 Å². The second-order valence-electron chi connectivity index (χ2n) is 10.7. The van der Waals surface area contributed by atoms with Crippen LogP contribution in [0, 0.1) is 12.7 Å². The first-order valence-electron chi connectivity index (χ1n) is 13.3. The molecule has 0 unspecified atom stereocenters. The monoisotopic (exact) mass is 528 g/mol. The average molecular weight is 529 g/mol. The van der Waals surface area contributed by atoms with E-state index in [2.05, 4.69) is 52.0 Å². The summed E-state index contributed by atoms with van der Waals surface area (Å²) in [4.78, 5) is 18.7. The molecule has 0 aliphatic carbocycles. The minimum Gasteiger partial charge on any atom is -0.471 e. The lowest BCUT2D eigenvalue weighted by Gasteiger charge is -2.38. The molecule has 7 nitrogen and oxygen atoms in total. The second-order valence-corrected chi connectivity index (χ2v) is 10.7. The molecule has 0 amide bonds. The van der Waals surface area contributed by atoms with Crippen molar-refractivity contribution in [1.29, 1.82) is 0 Å². The van der Waals surface area contributed by atoms with E-state index in [0.717, 1.165) is 50.7 Å². The van der Waals surface area contributed by atoms with Crippen LogP contribution >= 0.6 is 0 Å². The number of likely N-dealkylation sites (tertiary alicyclic amines) is 2. The number of hydrogen-bond acceptors (Lipinski definition) is 7. The Labute approximate surface area is 221 Å². The summed E-state index contributed by atoms with van der Waals surface area (Å²) in [5, 5.41) is 3.87. The number of piperidine rings is 1. The van der Waals surface area contributed by atoms with E-state index < -0.39 is 17.8 Å².